The fourth-order valence-corrected chi connectivity index (χ4v) is 3.39. The summed E-state index contributed by atoms with van der Waals surface area (Å²) in [5, 5.41) is 6.95. The molecule has 6 heteroatoms. The van der Waals surface area contributed by atoms with E-state index in [2.05, 4.69) is 51.5 Å². The summed E-state index contributed by atoms with van der Waals surface area (Å²) < 4.78 is 5.53. The second kappa shape index (κ2) is 6.26. The third kappa shape index (κ3) is 3.13. The van der Waals surface area contributed by atoms with Gasteiger partial charge in [0.05, 0.1) is 11.5 Å². The van der Waals surface area contributed by atoms with Gasteiger partial charge < -0.3 is 14.7 Å². The standard InChI is InChI=1S/C18H24N4O2/c1-12-15(10-11-22(12)14-8-6-5-7-9-14)16-19-17(21-24-16)18(3,4)20-13(2)23/h5-9,12,15H,10-11H2,1-4H3,(H,20,23). The van der Waals surface area contributed by atoms with Crippen LogP contribution in [0.5, 0.6) is 0 Å². The van der Waals surface area contributed by atoms with Gasteiger partial charge in [0.15, 0.2) is 5.82 Å². The zero-order valence-electron chi connectivity index (χ0n) is 14.6. The largest absolute Gasteiger partial charge is 0.368 e. The molecule has 0 radical (unpaired) electrons. The number of anilines is 1. The van der Waals surface area contributed by atoms with Crippen LogP contribution in [0, 0.1) is 0 Å². The minimum atomic E-state index is -0.644. The molecule has 1 saturated heterocycles. The highest BCUT2D eigenvalue weighted by Gasteiger charge is 2.37. The maximum Gasteiger partial charge on any atom is 0.231 e. The molecular weight excluding hydrogens is 304 g/mol. The molecule has 0 aliphatic carbocycles. The molecule has 6 nitrogen and oxygen atoms in total. The predicted molar refractivity (Wildman–Crippen MR) is 91.7 cm³/mol. The number of aromatic nitrogens is 2. The molecule has 0 bridgehead atoms. The Morgan fingerprint density at radius 1 is 1.33 bits per heavy atom. The van der Waals surface area contributed by atoms with Crippen LogP contribution in [0.25, 0.3) is 0 Å². The molecule has 24 heavy (non-hydrogen) atoms. The first-order valence-corrected chi connectivity index (χ1v) is 8.33. The van der Waals surface area contributed by atoms with E-state index in [1.165, 1.54) is 12.6 Å². The van der Waals surface area contributed by atoms with Crippen LogP contribution in [0.2, 0.25) is 0 Å². The van der Waals surface area contributed by atoms with Crippen molar-refractivity contribution in [1.29, 1.82) is 0 Å². The van der Waals surface area contributed by atoms with Gasteiger partial charge in [-0.2, -0.15) is 4.98 Å². The fourth-order valence-electron chi connectivity index (χ4n) is 3.39. The summed E-state index contributed by atoms with van der Waals surface area (Å²) in [5.74, 6) is 1.24. The first-order valence-electron chi connectivity index (χ1n) is 8.33. The number of rotatable bonds is 4. The number of para-hydroxylation sites is 1. The summed E-state index contributed by atoms with van der Waals surface area (Å²) in [5.41, 5.74) is 0.569. The van der Waals surface area contributed by atoms with Crippen molar-refractivity contribution in [2.24, 2.45) is 0 Å². The average molecular weight is 328 g/mol. The van der Waals surface area contributed by atoms with Crippen LogP contribution < -0.4 is 10.2 Å². The number of hydrogen-bond donors (Lipinski definition) is 1. The lowest BCUT2D eigenvalue weighted by molar-refractivity contribution is -0.120. The van der Waals surface area contributed by atoms with Crippen LogP contribution in [0.4, 0.5) is 5.69 Å². The van der Waals surface area contributed by atoms with Gasteiger partial charge >= 0.3 is 0 Å². The molecule has 2 aromatic rings. The molecule has 128 valence electrons. The summed E-state index contributed by atoms with van der Waals surface area (Å²) in [4.78, 5) is 18.3. The summed E-state index contributed by atoms with van der Waals surface area (Å²) in [6.45, 7) is 8.38. The lowest BCUT2D eigenvalue weighted by Gasteiger charge is -2.25. The van der Waals surface area contributed by atoms with E-state index in [1.54, 1.807) is 0 Å². The van der Waals surface area contributed by atoms with Crippen LogP contribution in [0.3, 0.4) is 0 Å². The van der Waals surface area contributed by atoms with Gasteiger partial charge in [-0.1, -0.05) is 23.4 Å². The minimum absolute atomic E-state index is 0.115. The summed E-state index contributed by atoms with van der Waals surface area (Å²) >= 11 is 0. The molecule has 1 aliphatic rings. The fraction of sp³-hybridized carbons (Fsp3) is 0.500. The first kappa shape index (κ1) is 16.5. The van der Waals surface area contributed by atoms with Gasteiger partial charge in [-0.25, -0.2) is 0 Å². The Bertz CT molecular complexity index is 711. The molecule has 1 amide bonds. The highest BCUT2D eigenvalue weighted by Crippen LogP contribution is 2.36. The number of nitrogens with one attached hydrogen (secondary N) is 1. The SMILES string of the molecule is CC(=O)NC(C)(C)c1noc(C2CCN(c3ccccc3)C2C)n1. The van der Waals surface area contributed by atoms with Gasteiger partial charge in [0.1, 0.15) is 0 Å². The smallest absolute Gasteiger partial charge is 0.231 e. The van der Waals surface area contributed by atoms with Crippen LogP contribution in [-0.2, 0) is 10.3 Å². The van der Waals surface area contributed by atoms with E-state index in [1.807, 2.05) is 19.9 Å². The quantitative estimate of drug-likeness (QED) is 0.934. The molecule has 1 fully saturated rings. The minimum Gasteiger partial charge on any atom is -0.368 e. The maximum absolute atomic E-state index is 11.3. The molecule has 0 saturated carbocycles. The van der Waals surface area contributed by atoms with Crippen molar-refractivity contribution >= 4 is 11.6 Å². The van der Waals surface area contributed by atoms with Crippen molar-refractivity contribution in [1.82, 2.24) is 15.5 Å². The second-order valence-electron chi connectivity index (χ2n) is 6.93. The van der Waals surface area contributed by atoms with Crippen molar-refractivity contribution < 1.29 is 9.32 Å². The van der Waals surface area contributed by atoms with Crippen molar-refractivity contribution in [3.05, 3.63) is 42.0 Å². The van der Waals surface area contributed by atoms with Crippen LogP contribution in [-0.4, -0.2) is 28.6 Å². The summed E-state index contributed by atoms with van der Waals surface area (Å²) in [6.07, 6.45) is 0.970. The van der Waals surface area contributed by atoms with Crippen LogP contribution in [0.1, 0.15) is 51.7 Å². The normalized spacial score (nSPS) is 21.1. The van der Waals surface area contributed by atoms with E-state index >= 15 is 0 Å². The Balaban J connectivity index is 1.78. The van der Waals surface area contributed by atoms with Gasteiger partial charge in [0.2, 0.25) is 11.8 Å². The van der Waals surface area contributed by atoms with Gasteiger partial charge in [-0.15, -0.1) is 0 Å². The van der Waals surface area contributed by atoms with Crippen molar-refractivity contribution in [2.75, 3.05) is 11.4 Å². The number of carbonyl (C=O) groups is 1. The Morgan fingerprint density at radius 2 is 2.04 bits per heavy atom. The molecule has 1 aromatic heterocycles. The van der Waals surface area contributed by atoms with Crippen LogP contribution in [0.15, 0.2) is 34.9 Å². The Morgan fingerprint density at radius 3 is 2.71 bits per heavy atom. The summed E-state index contributed by atoms with van der Waals surface area (Å²) in [7, 11) is 0. The monoisotopic (exact) mass is 328 g/mol. The number of amides is 1. The van der Waals surface area contributed by atoms with Gasteiger partial charge in [0, 0.05) is 25.2 Å². The van der Waals surface area contributed by atoms with Gasteiger partial charge in [0.25, 0.3) is 0 Å². The second-order valence-corrected chi connectivity index (χ2v) is 6.93. The average Bonchev–Trinajstić information content (AvgIpc) is 3.14. The van der Waals surface area contributed by atoms with Gasteiger partial charge in [-0.05, 0) is 39.3 Å². The van der Waals surface area contributed by atoms with E-state index in [0.717, 1.165) is 13.0 Å². The van der Waals surface area contributed by atoms with E-state index in [-0.39, 0.29) is 17.9 Å². The Hall–Kier alpha value is -2.37. The van der Waals surface area contributed by atoms with Crippen LogP contribution >= 0.6 is 0 Å². The number of hydrogen-bond acceptors (Lipinski definition) is 5. The molecule has 3 rings (SSSR count). The molecule has 2 heterocycles. The highest BCUT2D eigenvalue weighted by molar-refractivity contribution is 5.73. The molecule has 2 atom stereocenters. The lowest BCUT2D eigenvalue weighted by Crippen LogP contribution is -2.40. The number of carbonyl (C=O) groups excluding carboxylic acids is 1. The van der Waals surface area contributed by atoms with Crippen molar-refractivity contribution in [3.63, 3.8) is 0 Å². The third-order valence-corrected chi connectivity index (χ3v) is 4.65. The molecular formula is C18H24N4O2. The molecule has 2 unspecified atom stereocenters. The Labute approximate surface area is 142 Å². The Kier molecular flexibility index (Phi) is 4.30. The van der Waals surface area contributed by atoms with E-state index in [0.29, 0.717) is 11.7 Å². The summed E-state index contributed by atoms with van der Waals surface area (Å²) in [6, 6.07) is 10.7. The number of nitrogens with zero attached hydrogens (tertiary/aromatic N) is 3. The molecule has 1 aromatic carbocycles. The van der Waals surface area contributed by atoms with Crippen molar-refractivity contribution in [2.45, 2.75) is 51.6 Å². The highest BCUT2D eigenvalue weighted by atomic mass is 16.5. The van der Waals surface area contributed by atoms with E-state index < -0.39 is 5.54 Å². The molecule has 0 spiro atoms. The van der Waals surface area contributed by atoms with E-state index in [4.69, 9.17) is 4.52 Å². The van der Waals surface area contributed by atoms with E-state index in [9.17, 15) is 4.79 Å². The topological polar surface area (TPSA) is 71.3 Å². The predicted octanol–water partition coefficient (Wildman–Crippen LogP) is 2.82. The first-order chi connectivity index (χ1) is 11.4. The van der Waals surface area contributed by atoms with Crippen molar-refractivity contribution in [3.8, 4) is 0 Å². The number of benzene rings is 1. The third-order valence-electron chi connectivity index (χ3n) is 4.65. The maximum atomic E-state index is 11.3. The molecule has 1 aliphatic heterocycles. The zero-order valence-corrected chi connectivity index (χ0v) is 14.6. The zero-order chi connectivity index (χ0) is 17.3. The van der Waals surface area contributed by atoms with Gasteiger partial charge in [-0.3, -0.25) is 4.79 Å². The lowest BCUT2D eigenvalue weighted by atomic mass is 10.0. The molecule has 1 N–H and O–H groups in total.